The highest BCUT2D eigenvalue weighted by Gasteiger charge is 2.55. The molecule has 2 unspecified atom stereocenters. The Labute approximate surface area is 95.9 Å². The standard InChI is InChI=1S/C8H11ClN2O3S/c9-2-8(7(13)14)3-11-4(12)1-5(11)15-6(8)10/h5-6H,1-3,10H2,(H,13,14)/t5-,6?,8?/m1/s1. The molecule has 2 saturated heterocycles. The second-order valence-electron chi connectivity index (χ2n) is 3.83. The third-order valence-electron chi connectivity index (χ3n) is 2.98. The number of hydrogen-bond acceptors (Lipinski definition) is 4. The van der Waals surface area contributed by atoms with Crippen LogP contribution in [0.1, 0.15) is 6.42 Å². The van der Waals surface area contributed by atoms with Crippen molar-refractivity contribution in [2.24, 2.45) is 11.1 Å². The molecular weight excluding hydrogens is 240 g/mol. The molecule has 0 aromatic rings. The first-order valence-corrected chi connectivity index (χ1v) is 5.99. The average molecular weight is 251 g/mol. The van der Waals surface area contributed by atoms with Crippen LogP contribution in [0.2, 0.25) is 0 Å². The predicted molar refractivity (Wildman–Crippen MR) is 56.5 cm³/mol. The maximum absolute atomic E-state index is 11.2. The van der Waals surface area contributed by atoms with Gasteiger partial charge in [-0.15, -0.1) is 23.4 Å². The van der Waals surface area contributed by atoms with Gasteiger partial charge in [-0.1, -0.05) is 0 Å². The number of carboxylic acid groups (broad SMARTS) is 1. The summed E-state index contributed by atoms with van der Waals surface area (Å²) in [4.78, 5) is 24.0. The Hall–Kier alpha value is -0.460. The number of carbonyl (C=O) groups is 2. The summed E-state index contributed by atoms with van der Waals surface area (Å²) in [5.41, 5.74) is 4.61. The molecule has 84 valence electrons. The van der Waals surface area contributed by atoms with Gasteiger partial charge in [0.25, 0.3) is 0 Å². The Balaban J connectivity index is 2.24. The lowest BCUT2D eigenvalue weighted by atomic mass is 9.87. The maximum Gasteiger partial charge on any atom is 0.315 e. The molecule has 0 radical (unpaired) electrons. The number of carboxylic acids is 1. The molecule has 0 spiro atoms. The number of amides is 1. The summed E-state index contributed by atoms with van der Waals surface area (Å²) in [5.74, 6) is -1.13. The molecule has 2 aliphatic heterocycles. The lowest BCUT2D eigenvalue weighted by molar-refractivity contribution is -0.155. The van der Waals surface area contributed by atoms with Gasteiger partial charge in [0.05, 0.1) is 17.2 Å². The fourth-order valence-electron chi connectivity index (χ4n) is 1.79. The highest BCUT2D eigenvalue weighted by molar-refractivity contribution is 8.00. The molecule has 2 fully saturated rings. The van der Waals surface area contributed by atoms with Crippen LogP contribution in [0.3, 0.4) is 0 Å². The van der Waals surface area contributed by atoms with Crippen LogP contribution >= 0.6 is 23.4 Å². The predicted octanol–water partition coefficient (Wildman–Crippen LogP) is -0.114. The Kier molecular flexibility index (Phi) is 2.60. The Morgan fingerprint density at radius 1 is 1.80 bits per heavy atom. The van der Waals surface area contributed by atoms with E-state index in [1.807, 2.05) is 0 Å². The van der Waals surface area contributed by atoms with Gasteiger partial charge in [-0.25, -0.2) is 0 Å². The number of hydrogen-bond donors (Lipinski definition) is 2. The van der Waals surface area contributed by atoms with Crippen molar-refractivity contribution >= 4 is 35.2 Å². The zero-order chi connectivity index (χ0) is 11.2. The van der Waals surface area contributed by atoms with E-state index in [1.165, 1.54) is 11.8 Å². The van der Waals surface area contributed by atoms with Gasteiger partial charge >= 0.3 is 5.97 Å². The molecule has 3 N–H and O–H groups in total. The van der Waals surface area contributed by atoms with Gasteiger partial charge in [-0.05, 0) is 0 Å². The molecule has 1 amide bonds. The van der Waals surface area contributed by atoms with Crippen LogP contribution in [0.5, 0.6) is 0 Å². The second kappa shape index (κ2) is 3.54. The summed E-state index contributed by atoms with van der Waals surface area (Å²) in [6.07, 6.45) is 0.455. The maximum atomic E-state index is 11.2. The van der Waals surface area contributed by atoms with Crippen molar-refractivity contribution in [3.8, 4) is 0 Å². The first-order valence-electron chi connectivity index (χ1n) is 4.51. The van der Waals surface area contributed by atoms with E-state index in [0.717, 1.165) is 0 Å². The summed E-state index contributed by atoms with van der Waals surface area (Å²) in [6.45, 7) is 0.128. The van der Waals surface area contributed by atoms with Crippen LogP contribution in [-0.4, -0.2) is 45.1 Å². The van der Waals surface area contributed by atoms with Crippen molar-refractivity contribution in [2.75, 3.05) is 12.4 Å². The van der Waals surface area contributed by atoms with E-state index in [1.54, 1.807) is 4.90 Å². The number of fused-ring (bicyclic) bond motifs is 1. The lowest BCUT2D eigenvalue weighted by Crippen LogP contribution is -2.66. The van der Waals surface area contributed by atoms with Gasteiger partial charge in [0.1, 0.15) is 5.41 Å². The largest absolute Gasteiger partial charge is 0.481 e. The molecule has 0 aliphatic carbocycles. The molecular formula is C8H11ClN2O3S. The van der Waals surface area contributed by atoms with E-state index in [9.17, 15) is 9.59 Å². The highest BCUT2D eigenvalue weighted by Crippen LogP contribution is 2.45. The Bertz CT molecular complexity index is 327. The van der Waals surface area contributed by atoms with E-state index in [-0.39, 0.29) is 23.7 Å². The lowest BCUT2D eigenvalue weighted by Gasteiger charge is -2.51. The molecule has 7 heteroatoms. The van der Waals surface area contributed by atoms with E-state index >= 15 is 0 Å². The minimum Gasteiger partial charge on any atom is -0.481 e. The summed E-state index contributed by atoms with van der Waals surface area (Å²) >= 11 is 7.02. The molecule has 15 heavy (non-hydrogen) atoms. The van der Waals surface area contributed by atoms with E-state index in [4.69, 9.17) is 22.4 Å². The molecule has 2 aliphatic rings. The Morgan fingerprint density at radius 3 is 2.93 bits per heavy atom. The van der Waals surface area contributed by atoms with Crippen molar-refractivity contribution < 1.29 is 14.7 Å². The van der Waals surface area contributed by atoms with Crippen LogP contribution in [0.15, 0.2) is 0 Å². The van der Waals surface area contributed by atoms with Crippen molar-refractivity contribution in [3.05, 3.63) is 0 Å². The monoisotopic (exact) mass is 250 g/mol. The van der Waals surface area contributed by atoms with Gasteiger partial charge in [-0.2, -0.15) is 0 Å². The average Bonchev–Trinajstić information content (AvgIpc) is 2.17. The van der Waals surface area contributed by atoms with Gasteiger partial charge in [0.2, 0.25) is 5.91 Å². The summed E-state index contributed by atoms with van der Waals surface area (Å²) < 4.78 is 0. The number of alkyl halides is 1. The normalized spacial score (nSPS) is 39.6. The zero-order valence-electron chi connectivity index (χ0n) is 7.85. The third kappa shape index (κ3) is 1.43. The molecule has 2 heterocycles. The van der Waals surface area contributed by atoms with Crippen LogP contribution in [-0.2, 0) is 9.59 Å². The summed E-state index contributed by atoms with van der Waals surface area (Å²) in [7, 11) is 0. The Morgan fingerprint density at radius 2 is 2.47 bits per heavy atom. The first-order chi connectivity index (χ1) is 7.01. The quantitative estimate of drug-likeness (QED) is 0.528. The SMILES string of the molecule is NC1S[C@@H]2CC(=O)N2CC1(CCl)C(=O)O. The number of carbonyl (C=O) groups excluding carboxylic acids is 1. The van der Waals surface area contributed by atoms with Crippen LogP contribution < -0.4 is 5.73 Å². The molecule has 3 atom stereocenters. The number of rotatable bonds is 2. The minimum absolute atomic E-state index is 0.0184. The van der Waals surface area contributed by atoms with E-state index < -0.39 is 16.8 Å². The van der Waals surface area contributed by atoms with Crippen LogP contribution in [0.25, 0.3) is 0 Å². The summed E-state index contributed by atoms with van der Waals surface area (Å²) in [6, 6.07) is 0. The second-order valence-corrected chi connectivity index (χ2v) is 5.42. The topological polar surface area (TPSA) is 83.6 Å². The molecule has 5 nitrogen and oxygen atoms in total. The highest BCUT2D eigenvalue weighted by atomic mass is 35.5. The number of nitrogens with zero attached hydrogens (tertiary/aromatic N) is 1. The first kappa shape index (κ1) is 11.0. The third-order valence-corrected chi connectivity index (χ3v) is 4.94. The van der Waals surface area contributed by atoms with E-state index in [2.05, 4.69) is 0 Å². The fraction of sp³-hybridized carbons (Fsp3) is 0.750. The van der Waals surface area contributed by atoms with Gasteiger partial charge < -0.3 is 15.7 Å². The number of thioether (sulfide) groups is 1. The number of aliphatic carboxylic acids is 1. The van der Waals surface area contributed by atoms with E-state index in [0.29, 0.717) is 6.42 Å². The number of nitrogens with two attached hydrogens (primary N) is 1. The molecule has 0 saturated carbocycles. The van der Waals surface area contributed by atoms with Crippen molar-refractivity contribution in [3.63, 3.8) is 0 Å². The zero-order valence-corrected chi connectivity index (χ0v) is 9.42. The minimum atomic E-state index is -1.21. The van der Waals surface area contributed by atoms with Gasteiger partial charge in [0.15, 0.2) is 0 Å². The van der Waals surface area contributed by atoms with Crippen molar-refractivity contribution in [2.45, 2.75) is 17.2 Å². The summed E-state index contributed by atoms with van der Waals surface area (Å²) in [5, 5.41) is 8.65. The van der Waals surface area contributed by atoms with Gasteiger partial charge in [-0.3, -0.25) is 9.59 Å². The van der Waals surface area contributed by atoms with Crippen LogP contribution in [0.4, 0.5) is 0 Å². The molecule has 0 bridgehead atoms. The molecule has 0 aromatic carbocycles. The fourth-order valence-corrected chi connectivity index (χ4v) is 3.69. The number of halogens is 1. The van der Waals surface area contributed by atoms with Crippen molar-refractivity contribution in [1.82, 2.24) is 4.90 Å². The van der Waals surface area contributed by atoms with Crippen LogP contribution in [0, 0.1) is 5.41 Å². The number of β-lactam (4-membered cyclic amide) rings is 1. The van der Waals surface area contributed by atoms with Gasteiger partial charge in [0, 0.05) is 12.4 Å². The van der Waals surface area contributed by atoms with Crippen molar-refractivity contribution in [1.29, 1.82) is 0 Å². The molecule has 2 rings (SSSR count). The smallest absolute Gasteiger partial charge is 0.315 e. The molecule has 0 aromatic heterocycles.